The van der Waals surface area contributed by atoms with Crippen LogP contribution in [0.5, 0.6) is 0 Å². The monoisotopic (exact) mass is 344 g/mol. The average Bonchev–Trinajstić information content (AvgIpc) is 3.13. The quantitative estimate of drug-likeness (QED) is 0.434. The molecule has 0 aliphatic rings. The zero-order chi connectivity index (χ0) is 17.5. The molecule has 0 aliphatic heterocycles. The Labute approximate surface area is 150 Å². The van der Waals surface area contributed by atoms with E-state index in [-0.39, 0.29) is 11.6 Å². The Hall–Kier alpha value is -3.04. The standard InChI is InChI=1S/C22H16O2S/c23-21(17-7-3-1-4-8-17)15-13-19-11-12-20(25-19)14-16-22(24)18-9-5-2-6-10-18/h1-16H/b15-13+,16-14+. The maximum atomic E-state index is 12.1. The molecule has 3 heteroatoms. The first-order valence-electron chi connectivity index (χ1n) is 7.87. The Kier molecular flexibility index (Phi) is 5.50. The number of carbonyl (C=O) groups excluding carboxylic acids is 2. The Morgan fingerprint density at radius 2 is 1.00 bits per heavy atom. The van der Waals surface area contributed by atoms with E-state index in [1.165, 1.54) is 11.3 Å². The molecule has 0 atom stereocenters. The van der Waals surface area contributed by atoms with Crippen molar-refractivity contribution in [2.24, 2.45) is 0 Å². The summed E-state index contributed by atoms with van der Waals surface area (Å²) in [6, 6.07) is 22.2. The van der Waals surface area contributed by atoms with Crippen LogP contribution in [0.15, 0.2) is 84.9 Å². The predicted molar refractivity (Wildman–Crippen MR) is 104 cm³/mol. The van der Waals surface area contributed by atoms with Crippen LogP contribution < -0.4 is 0 Å². The van der Waals surface area contributed by atoms with Gasteiger partial charge in [-0.1, -0.05) is 60.7 Å². The molecule has 0 radical (unpaired) electrons. The van der Waals surface area contributed by atoms with E-state index < -0.39 is 0 Å². The first-order chi connectivity index (χ1) is 12.2. The number of hydrogen-bond donors (Lipinski definition) is 0. The second kappa shape index (κ2) is 8.18. The zero-order valence-corrected chi connectivity index (χ0v) is 14.3. The molecule has 0 spiro atoms. The number of hydrogen-bond acceptors (Lipinski definition) is 3. The topological polar surface area (TPSA) is 34.1 Å². The van der Waals surface area contributed by atoms with Gasteiger partial charge in [-0.25, -0.2) is 0 Å². The van der Waals surface area contributed by atoms with Crippen LogP contribution in [0.3, 0.4) is 0 Å². The van der Waals surface area contributed by atoms with Gasteiger partial charge in [0.15, 0.2) is 11.6 Å². The van der Waals surface area contributed by atoms with Crippen LogP contribution in [-0.2, 0) is 0 Å². The number of rotatable bonds is 6. The Bertz CT molecular complexity index is 843. The summed E-state index contributed by atoms with van der Waals surface area (Å²) < 4.78 is 0. The number of thiophene rings is 1. The summed E-state index contributed by atoms with van der Waals surface area (Å²) in [5, 5.41) is 0. The van der Waals surface area contributed by atoms with Gasteiger partial charge in [-0.2, -0.15) is 0 Å². The van der Waals surface area contributed by atoms with Gasteiger partial charge >= 0.3 is 0 Å². The van der Waals surface area contributed by atoms with E-state index in [0.29, 0.717) is 11.1 Å². The molecule has 0 N–H and O–H groups in total. The number of benzene rings is 2. The van der Waals surface area contributed by atoms with Crippen molar-refractivity contribution in [1.29, 1.82) is 0 Å². The summed E-state index contributed by atoms with van der Waals surface area (Å²) in [7, 11) is 0. The highest BCUT2D eigenvalue weighted by molar-refractivity contribution is 7.13. The van der Waals surface area contributed by atoms with Gasteiger partial charge in [-0.05, 0) is 36.4 Å². The van der Waals surface area contributed by atoms with E-state index >= 15 is 0 Å². The van der Waals surface area contributed by atoms with E-state index in [4.69, 9.17) is 0 Å². The zero-order valence-electron chi connectivity index (χ0n) is 13.5. The molecular formula is C22H16O2S. The van der Waals surface area contributed by atoms with Crippen molar-refractivity contribution in [1.82, 2.24) is 0 Å². The summed E-state index contributed by atoms with van der Waals surface area (Å²) in [4.78, 5) is 26.0. The third-order valence-electron chi connectivity index (χ3n) is 3.56. The minimum atomic E-state index is -0.0228. The molecule has 0 amide bonds. The number of carbonyl (C=O) groups is 2. The summed E-state index contributed by atoms with van der Waals surface area (Å²) in [5.41, 5.74) is 1.34. The third-order valence-corrected chi connectivity index (χ3v) is 4.58. The van der Waals surface area contributed by atoms with Crippen LogP contribution in [0, 0.1) is 0 Å². The molecule has 0 saturated heterocycles. The molecule has 2 nitrogen and oxygen atoms in total. The van der Waals surface area contributed by atoms with Gasteiger partial charge in [0, 0.05) is 20.9 Å². The average molecular weight is 344 g/mol. The minimum absolute atomic E-state index is 0.0228. The van der Waals surface area contributed by atoms with Gasteiger partial charge in [0.25, 0.3) is 0 Å². The van der Waals surface area contributed by atoms with Crippen LogP contribution in [0.1, 0.15) is 30.5 Å². The molecule has 3 aromatic rings. The van der Waals surface area contributed by atoms with Crippen molar-refractivity contribution < 1.29 is 9.59 Å². The molecule has 25 heavy (non-hydrogen) atoms. The second-order valence-electron chi connectivity index (χ2n) is 5.37. The first kappa shape index (κ1) is 16.8. The molecule has 0 bridgehead atoms. The fourth-order valence-corrected chi connectivity index (χ4v) is 3.08. The summed E-state index contributed by atoms with van der Waals surface area (Å²) >= 11 is 1.53. The molecule has 0 unspecified atom stereocenters. The predicted octanol–water partition coefficient (Wildman–Crippen LogP) is 5.54. The maximum absolute atomic E-state index is 12.1. The minimum Gasteiger partial charge on any atom is -0.289 e. The SMILES string of the molecule is O=C(/C=C/c1ccc(/C=C/C(=O)c2ccccc2)s1)c1ccccc1. The van der Waals surface area contributed by atoms with Crippen LogP contribution in [0.25, 0.3) is 12.2 Å². The van der Waals surface area contributed by atoms with E-state index in [1.54, 1.807) is 48.6 Å². The van der Waals surface area contributed by atoms with Gasteiger partial charge in [-0.15, -0.1) is 11.3 Å². The lowest BCUT2D eigenvalue weighted by Crippen LogP contribution is -1.92. The molecule has 0 fully saturated rings. The largest absolute Gasteiger partial charge is 0.289 e. The van der Waals surface area contributed by atoms with Gasteiger partial charge in [0.1, 0.15) is 0 Å². The van der Waals surface area contributed by atoms with Crippen LogP contribution in [-0.4, -0.2) is 11.6 Å². The van der Waals surface area contributed by atoms with Gasteiger partial charge in [0.05, 0.1) is 0 Å². The van der Waals surface area contributed by atoms with Crippen LogP contribution in [0.4, 0.5) is 0 Å². The van der Waals surface area contributed by atoms with Crippen molar-refractivity contribution in [2.45, 2.75) is 0 Å². The fraction of sp³-hybridized carbons (Fsp3) is 0. The highest BCUT2D eigenvalue weighted by Crippen LogP contribution is 2.20. The Morgan fingerprint density at radius 1 is 0.600 bits per heavy atom. The van der Waals surface area contributed by atoms with Crippen molar-refractivity contribution in [3.63, 3.8) is 0 Å². The summed E-state index contributed by atoms with van der Waals surface area (Å²) in [6.07, 6.45) is 6.75. The van der Waals surface area contributed by atoms with Crippen molar-refractivity contribution in [2.75, 3.05) is 0 Å². The molecule has 2 aromatic carbocycles. The second-order valence-corrected chi connectivity index (χ2v) is 6.51. The van der Waals surface area contributed by atoms with Gasteiger partial charge in [-0.3, -0.25) is 9.59 Å². The molecular weight excluding hydrogens is 328 g/mol. The lowest BCUT2D eigenvalue weighted by molar-refractivity contribution is 0.103. The molecule has 1 aromatic heterocycles. The normalized spacial score (nSPS) is 11.2. The van der Waals surface area contributed by atoms with E-state index in [9.17, 15) is 9.59 Å². The highest BCUT2D eigenvalue weighted by Gasteiger charge is 2.02. The molecule has 122 valence electrons. The van der Waals surface area contributed by atoms with Crippen LogP contribution >= 0.6 is 11.3 Å². The van der Waals surface area contributed by atoms with Gasteiger partial charge in [0.2, 0.25) is 0 Å². The highest BCUT2D eigenvalue weighted by atomic mass is 32.1. The maximum Gasteiger partial charge on any atom is 0.185 e. The molecule has 0 saturated carbocycles. The number of ketones is 2. The Balaban J connectivity index is 1.64. The van der Waals surface area contributed by atoms with E-state index in [2.05, 4.69) is 0 Å². The summed E-state index contributed by atoms with van der Waals surface area (Å²) in [6.45, 7) is 0. The Morgan fingerprint density at radius 3 is 1.40 bits per heavy atom. The van der Waals surface area contributed by atoms with Crippen molar-refractivity contribution in [3.8, 4) is 0 Å². The lowest BCUT2D eigenvalue weighted by Gasteiger charge is -1.93. The molecule has 3 rings (SSSR count). The van der Waals surface area contributed by atoms with E-state index in [0.717, 1.165) is 9.75 Å². The number of allylic oxidation sites excluding steroid dienone is 2. The fourth-order valence-electron chi connectivity index (χ4n) is 2.26. The molecule has 0 aliphatic carbocycles. The first-order valence-corrected chi connectivity index (χ1v) is 8.69. The smallest absolute Gasteiger partial charge is 0.185 e. The van der Waals surface area contributed by atoms with Gasteiger partial charge < -0.3 is 0 Å². The van der Waals surface area contributed by atoms with Crippen molar-refractivity contribution in [3.05, 3.63) is 106 Å². The lowest BCUT2D eigenvalue weighted by atomic mass is 10.1. The van der Waals surface area contributed by atoms with Crippen molar-refractivity contribution >= 4 is 35.1 Å². The molecule has 1 heterocycles. The summed E-state index contributed by atoms with van der Waals surface area (Å²) in [5.74, 6) is -0.0457. The third kappa shape index (κ3) is 4.72. The van der Waals surface area contributed by atoms with E-state index in [1.807, 2.05) is 48.5 Å². The van der Waals surface area contributed by atoms with Crippen LogP contribution in [0.2, 0.25) is 0 Å².